The zero-order valence-corrected chi connectivity index (χ0v) is 9.62. The summed E-state index contributed by atoms with van der Waals surface area (Å²) in [5.74, 6) is 0.948. The van der Waals surface area contributed by atoms with E-state index >= 15 is 0 Å². The summed E-state index contributed by atoms with van der Waals surface area (Å²) in [5, 5.41) is 10.3. The van der Waals surface area contributed by atoms with Crippen LogP contribution in [0.15, 0.2) is 23.2 Å². The van der Waals surface area contributed by atoms with E-state index in [0.717, 1.165) is 0 Å². The van der Waals surface area contributed by atoms with Crippen LogP contribution in [-0.4, -0.2) is 25.8 Å². The summed E-state index contributed by atoms with van der Waals surface area (Å²) in [6.45, 7) is 3.66. The van der Waals surface area contributed by atoms with Crippen molar-refractivity contribution >= 4 is 11.7 Å². The molecule has 0 spiro atoms. The highest BCUT2D eigenvalue weighted by atomic mass is 16.5. The van der Waals surface area contributed by atoms with E-state index in [-0.39, 0.29) is 11.9 Å². The van der Waals surface area contributed by atoms with Gasteiger partial charge in [-0.1, -0.05) is 5.16 Å². The van der Waals surface area contributed by atoms with Crippen LogP contribution in [0.5, 0.6) is 0 Å². The predicted octanol–water partition coefficient (Wildman–Crippen LogP) is 1.16. The molecule has 2 rings (SSSR count). The average Bonchev–Trinajstić information content (AvgIpc) is 2.89. The number of nitrogens with one attached hydrogen (secondary N) is 1. The van der Waals surface area contributed by atoms with Gasteiger partial charge < -0.3 is 9.84 Å². The van der Waals surface area contributed by atoms with Crippen LogP contribution >= 0.6 is 0 Å². The van der Waals surface area contributed by atoms with Gasteiger partial charge in [-0.2, -0.15) is 5.10 Å². The van der Waals surface area contributed by atoms with Crippen molar-refractivity contribution in [2.24, 2.45) is 0 Å². The second-order valence-corrected chi connectivity index (χ2v) is 3.80. The molecule has 1 atom stereocenters. The van der Waals surface area contributed by atoms with E-state index in [1.165, 1.54) is 6.33 Å². The van der Waals surface area contributed by atoms with E-state index in [9.17, 15) is 4.79 Å². The molecule has 7 heteroatoms. The maximum Gasteiger partial charge on any atom is 0.227 e. The van der Waals surface area contributed by atoms with Crippen LogP contribution in [0.3, 0.4) is 0 Å². The lowest BCUT2D eigenvalue weighted by atomic mass is 10.2. The maximum atomic E-state index is 11.7. The molecule has 0 saturated carbocycles. The fraction of sp³-hybridized carbons (Fsp3) is 0.400. The molecule has 17 heavy (non-hydrogen) atoms. The smallest absolute Gasteiger partial charge is 0.227 e. The van der Waals surface area contributed by atoms with Gasteiger partial charge >= 0.3 is 0 Å². The number of rotatable bonds is 4. The van der Waals surface area contributed by atoms with Gasteiger partial charge in [0.05, 0.1) is 6.04 Å². The van der Waals surface area contributed by atoms with Gasteiger partial charge in [0, 0.05) is 12.5 Å². The zero-order valence-electron chi connectivity index (χ0n) is 9.62. The first-order chi connectivity index (χ1) is 8.15. The minimum absolute atomic E-state index is 0.0505. The van der Waals surface area contributed by atoms with Crippen molar-refractivity contribution in [3.63, 3.8) is 0 Å². The van der Waals surface area contributed by atoms with Crippen LogP contribution in [-0.2, 0) is 4.79 Å². The normalized spacial score (nSPS) is 12.4. The fourth-order valence-electron chi connectivity index (χ4n) is 1.43. The SMILES string of the molecule is Cc1cc(NC(=O)C[C@@H](C)n2cncn2)no1. The van der Waals surface area contributed by atoms with E-state index in [1.807, 2.05) is 6.92 Å². The second-order valence-electron chi connectivity index (χ2n) is 3.80. The first-order valence-electron chi connectivity index (χ1n) is 5.22. The summed E-state index contributed by atoms with van der Waals surface area (Å²) in [5.41, 5.74) is 0. The summed E-state index contributed by atoms with van der Waals surface area (Å²) >= 11 is 0. The van der Waals surface area contributed by atoms with Crippen molar-refractivity contribution in [1.29, 1.82) is 0 Å². The van der Waals surface area contributed by atoms with E-state index < -0.39 is 0 Å². The van der Waals surface area contributed by atoms with Crippen molar-refractivity contribution < 1.29 is 9.32 Å². The van der Waals surface area contributed by atoms with E-state index in [1.54, 1.807) is 24.0 Å². The molecular formula is C10H13N5O2. The Morgan fingerprint density at radius 2 is 2.47 bits per heavy atom. The quantitative estimate of drug-likeness (QED) is 0.859. The molecule has 0 radical (unpaired) electrons. The molecule has 2 aromatic heterocycles. The molecule has 0 aliphatic carbocycles. The average molecular weight is 235 g/mol. The minimum Gasteiger partial charge on any atom is -0.360 e. The van der Waals surface area contributed by atoms with Crippen LogP contribution in [0.1, 0.15) is 25.1 Å². The van der Waals surface area contributed by atoms with Crippen LogP contribution in [0, 0.1) is 6.92 Å². The van der Waals surface area contributed by atoms with E-state index in [0.29, 0.717) is 18.0 Å². The van der Waals surface area contributed by atoms with Crippen molar-refractivity contribution in [3.05, 3.63) is 24.5 Å². The number of aryl methyl sites for hydroxylation is 1. The summed E-state index contributed by atoms with van der Waals surface area (Å²) in [6.07, 6.45) is 3.32. The first-order valence-corrected chi connectivity index (χ1v) is 5.22. The summed E-state index contributed by atoms with van der Waals surface area (Å²) in [7, 11) is 0. The Morgan fingerprint density at radius 3 is 3.06 bits per heavy atom. The minimum atomic E-state index is -0.138. The first kappa shape index (κ1) is 11.3. The molecule has 2 heterocycles. The van der Waals surface area contributed by atoms with Gasteiger partial charge in [-0.05, 0) is 13.8 Å². The van der Waals surface area contributed by atoms with Gasteiger partial charge in [-0.3, -0.25) is 4.79 Å². The third kappa shape index (κ3) is 2.90. The molecule has 0 unspecified atom stereocenters. The Balaban J connectivity index is 1.89. The van der Waals surface area contributed by atoms with Gasteiger partial charge in [0.25, 0.3) is 0 Å². The topological polar surface area (TPSA) is 85.8 Å². The molecule has 1 N–H and O–H groups in total. The van der Waals surface area contributed by atoms with Crippen LogP contribution < -0.4 is 5.32 Å². The van der Waals surface area contributed by atoms with Gasteiger partial charge in [-0.25, -0.2) is 9.67 Å². The lowest BCUT2D eigenvalue weighted by molar-refractivity contribution is -0.116. The van der Waals surface area contributed by atoms with Crippen LogP contribution in [0.2, 0.25) is 0 Å². The van der Waals surface area contributed by atoms with Crippen molar-refractivity contribution in [3.8, 4) is 0 Å². The monoisotopic (exact) mass is 235 g/mol. The maximum absolute atomic E-state index is 11.7. The van der Waals surface area contributed by atoms with Gasteiger partial charge in [0.2, 0.25) is 5.91 Å². The molecule has 0 aromatic carbocycles. The lowest BCUT2D eigenvalue weighted by Crippen LogP contribution is -2.18. The highest BCUT2D eigenvalue weighted by molar-refractivity contribution is 5.89. The Morgan fingerprint density at radius 1 is 1.65 bits per heavy atom. The molecule has 0 fully saturated rings. The van der Waals surface area contributed by atoms with Gasteiger partial charge in [0.15, 0.2) is 5.82 Å². The van der Waals surface area contributed by atoms with Crippen molar-refractivity contribution in [2.45, 2.75) is 26.3 Å². The molecule has 0 saturated heterocycles. The second kappa shape index (κ2) is 4.77. The molecule has 1 amide bonds. The fourth-order valence-corrected chi connectivity index (χ4v) is 1.43. The molecule has 0 bridgehead atoms. The summed E-state index contributed by atoms with van der Waals surface area (Å²) < 4.78 is 6.48. The zero-order chi connectivity index (χ0) is 12.3. The number of anilines is 1. The molecule has 0 aliphatic heterocycles. The molecule has 90 valence electrons. The Bertz CT molecular complexity index is 491. The number of aromatic nitrogens is 4. The van der Waals surface area contributed by atoms with Gasteiger partial charge in [-0.15, -0.1) is 0 Å². The highest BCUT2D eigenvalue weighted by Crippen LogP contribution is 2.11. The van der Waals surface area contributed by atoms with Gasteiger partial charge in [0.1, 0.15) is 18.4 Å². The Hall–Kier alpha value is -2.18. The number of carbonyl (C=O) groups is 1. The number of hydrogen-bond acceptors (Lipinski definition) is 5. The molecule has 0 aliphatic rings. The number of amides is 1. The summed E-state index contributed by atoms with van der Waals surface area (Å²) in [4.78, 5) is 15.5. The number of carbonyl (C=O) groups excluding carboxylic acids is 1. The predicted molar refractivity (Wildman–Crippen MR) is 59.2 cm³/mol. The van der Waals surface area contributed by atoms with Crippen molar-refractivity contribution in [1.82, 2.24) is 19.9 Å². The third-order valence-electron chi connectivity index (χ3n) is 2.26. The van der Waals surface area contributed by atoms with Crippen molar-refractivity contribution in [2.75, 3.05) is 5.32 Å². The Labute approximate surface area is 97.8 Å². The van der Waals surface area contributed by atoms with Crippen LogP contribution in [0.4, 0.5) is 5.82 Å². The Kier molecular flexibility index (Phi) is 3.17. The highest BCUT2D eigenvalue weighted by Gasteiger charge is 2.12. The molecular weight excluding hydrogens is 222 g/mol. The van der Waals surface area contributed by atoms with E-state index in [4.69, 9.17) is 4.52 Å². The summed E-state index contributed by atoms with van der Waals surface area (Å²) in [6, 6.07) is 1.61. The largest absolute Gasteiger partial charge is 0.360 e. The molecule has 2 aromatic rings. The number of hydrogen-bond donors (Lipinski definition) is 1. The van der Waals surface area contributed by atoms with Crippen LogP contribution in [0.25, 0.3) is 0 Å². The molecule has 7 nitrogen and oxygen atoms in total. The standard InChI is InChI=1S/C10H13N5O2/c1-7(15-6-11-5-12-15)3-10(16)13-9-4-8(2)17-14-9/h4-7H,3H2,1-2H3,(H,13,14,16)/t7-/m1/s1. The van der Waals surface area contributed by atoms with E-state index in [2.05, 4.69) is 20.6 Å². The number of nitrogens with zero attached hydrogens (tertiary/aromatic N) is 4. The lowest BCUT2D eigenvalue weighted by Gasteiger charge is -2.09. The third-order valence-corrected chi connectivity index (χ3v) is 2.26.